The van der Waals surface area contributed by atoms with Crippen LogP contribution in [0.15, 0.2) is 16.7 Å². The summed E-state index contributed by atoms with van der Waals surface area (Å²) >= 11 is 0. The standard InChI is InChI=1S/C25H37F/c1-14(2)16(5)21-12-10-11-13-22(21)20(9)24-19(8)17(6)18(7)23(15(3)4)25(24)26/h14-15H,10-13H2,1-9H3/b21-16+,22-20+. The van der Waals surface area contributed by atoms with Gasteiger partial charge in [0.15, 0.2) is 0 Å². The average molecular weight is 357 g/mol. The second-order valence-corrected chi connectivity index (χ2v) is 8.76. The van der Waals surface area contributed by atoms with Crippen LogP contribution in [0.5, 0.6) is 0 Å². The molecule has 1 fully saturated rings. The Bertz CT molecular complexity index is 757. The SMILES string of the molecule is C/C(=C1/CCCC/C1=C(/C)C(C)C)c1c(C)c(C)c(C)c(C(C)C)c1F. The van der Waals surface area contributed by atoms with Crippen molar-refractivity contribution < 1.29 is 4.39 Å². The summed E-state index contributed by atoms with van der Waals surface area (Å²) in [4.78, 5) is 0. The highest BCUT2D eigenvalue weighted by molar-refractivity contribution is 5.76. The summed E-state index contributed by atoms with van der Waals surface area (Å²) in [7, 11) is 0. The first-order valence-corrected chi connectivity index (χ1v) is 10.3. The summed E-state index contributed by atoms with van der Waals surface area (Å²) in [6.45, 7) is 19.5. The first-order chi connectivity index (χ1) is 12.1. The zero-order valence-electron chi connectivity index (χ0n) is 18.4. The van der Waals surface area contributed by atoms with Crippen molar-refractivity contribution in [3.8, 4) is 0 Å². The van der Waals surface area contributed by atoms with Gasteiger partial charge in [0.1, 0.15) is 5.82 Å². The maximum atomic E-state index is 15.7. The lowest BCUT2D eigenvalue weighted by atomic mass is 9.78. The van der Waals surface area contributed by atoms with Crippen LogP contribution in [0.4, 0.5) is 4.39 Å². The van der Waals surface area contributed by atoms with E-state index in [1.165, 1.54) is 40.7 Å². The molecule has 1 aliphatic carbocycles. The first-order valence-electron chi connectivity index (χ1n) is 10.3. The molecule has 0 unspecified atom stereocenters. The predicted molar refractivity (Wildman–Crippen MR) is 113 cm³/mol. The lowest BCUT2D eigenvalue weighted by Gasteiger charge is -2.27. The van der Waals surface area contributed by atoms with Crippen molar-refractivity contribution in [3.63, 3.8) is 0 Å². The van der Waals surface area contributed by atoms with Crippen molar-refractivity contribution in [2.45, 2.75) is 93.9 Å². The van der Waals surface area contributed by atoms with Gasteiger partial charge in [-0.05, 0) is 111 Å². The minimum Gasteiger partial charge on any atom is -0.206 e. The molecule has 1 aliphatic rings. The van der Waals surface area contributed by atoms with Gasteiger partial charge < -0.3 is 0 Å². The van der Waals surface area contributed by atoms with Gasteiger partial charge in [0, 0.05) is 5.56 Å². The summed E-state index contributed by atoms with van der Waals surface area (Å²) in [5.74, 6) is 0.755. The van der Waals surface area contributed by atoms with Crippen molar-refractivity contribution in [1.29, 1.82) is 0 Å². The molecule has 0 amide bonds. The Kier molecular flexibility index (Phi) is 6.53. The highest BCUT2D eigenvalue weighted by Crippen LogP contribution is 2.41. The van der Waals surface area contributed by atoms with Gasteiger partial charge in [0.05, 0.1) is 0 Å². The van der Waals surface area contributed by atoms with E-state index >= 15 is 4.39 Å². The van der Waals surface area contributed by atoms with E-state index in [1.807, 2.05) is 0 Å². The van der Waals surface area contributed by atoms with Crippen LogP contribution in [-0.2, 0) is 0 Å². The van der Waals surface area contributed by atoms with E-state index in [2.05, 4.69) is 62.3 Å². The Morgan fingerprint density at radius 3 is 1.85 bits per heavy atom. The van der Waals surface area contributed by atoms with E-state index in [0.717, 1.165) is 35.1 Å². The fourth-order valence-corrected chi connectivity index (χ4v) is 4.52. The molecular formula is C25H37F. The third-order valence-electron chi connectivity index (χ3n) is 6.57. The van der Waals surface area contributed by atoms with Gasteiger partial charge in [-0.1, -0.05) is 33.3 Å². The molecule has 0 heterocycles. The van der Waals surface area contributed by atoms with Gasteiger partial charge in [-0.25, -0.2) is 4.39 Å². The normalized spacial score (nSPS) is 19.4. The number of rotatable bonds is 3. The molecule has 26 heavy (non-hydrogen) atoms. The van der Waals surface area contributed by atoms with Crippen LogP contribution < -0.4 is 0 Å². The summed E-state index contributed by atoms with van der Waals surface area (Å²) in [5.41, 5.74) is 10.8. The Morgan fingerprint density at radius 2 is 1.35 bits per heavy atom. The smallest absolute Gasteiger partial charge is 0.134 e. The van der Waals surface area contributed by atoms with Crippen molar-refractivity contribution in [2.75, 3.05) is 0 Å². The molecule has 1 heteroatoms. The summed E-state index contributed by atoms with van der Waals surface area (Å²) in [6.07, 6.45) is 4.68. The molecule has 0 saturated heterocycles. The van der Waals surface area contributed by atoms with Crippen molar-refractivity contribution in [1.82, 2.24) is 0 Å². The van der Waals surface area contributed by atoms with Crippen LogP contribution >= 0.6 is 0 Å². The first kappa shape index (κ1) is 20.9. The van der Waals surface area contributed by atoms with E-state index in [4.69, 9.17) is 0 Å². The molecule has 1 aromatic rings. The highest BCUT2D eigenvalue weighted by atomic mass is 19.1. The van der Waals surface area contributed by atoms with E-state index < -0.39 is 0 Å². The number of benzene rings is 1. The molecule has 1 aromatic carbocycles. The van der Waals surface area contributed by atoms with Gasteiger partial charge >= 0.3 is 0 Å². The van der Waals surface area contributed by atoms with E-state index in [9.17, 15) is 0 Å². The van der Waals surface area contributed by atoms with Crippen LogP contribution in [0.25, 0.3) is 5.57 Å². The third kappa shape index (κ3) is 3.68. The van der Waals surface area contributed by atoms with Gasteiger partial charge in [-0.15, -0.1) is 0 Å². The zero-order valence-corrected chi connectivity index (χ0v) is 18.4. The number of hydrogen-bond donors (Lipinski definition) is 0. The molecule has 0 N–H and O–H groups in total. The fraction of sp³-hybridized carbons (Fsp3) is 0.600. The van der Waals surface area contributed by atoms with Gasteiger partial charge in [0.25, 0.3) is 0 Å². The average Bonchev–Trinajstić information content (AvgIpc) is 2.58. The van der Waals surface area contributed by atoms with Gasteiger partial charge in [-0.2, -0.15) is 0 Å². The molecule has 0 radical (unpaired) electrons. The predicted octanol–water partition coefficient (Wildman–Crippen LogP) is 8.19. The van der Waals surface area contributed by atoms with Crippen LogP contribution in [0.3, 0.4) is 0 Å². The zero-order chi connectivity index (χ0) is 19.8. The summed E-state index contributed by atoms with van der Waals surface area (Å²) in [6, 6.07) is 0. The maximum Gasteiger partial charge on any atom is 0.134 e. The van der Waals surface area contributed by atoms with Gasteiger partial charge in [0.2, 0.25) is 0 Å². The Morgan fingerprint density at radius 1 is 0.808 bits per heavy atom. The second kappa shape index (κ2) is 8.11. The molecule has 2 rings (SSSR count). The third-order valence-corrected chi connectivity index (χ3v) is 6.57. The maximum absolute atomic E-state index is 15.7. The fourth-order valence-electron chi connectivity index (χ4n) is 4.52. The quantitative estimate of drug-likeness (QED) is 0.512. The lowest BCUT2D eigenvalue weighted by molar-refractivity contribution is 0.588. The van der Waals surface area contributed by atoms with Crippen LogP contribution in [0.2, 0.25) is 0 Å². The number of halogens is 1. The number of allylic oxidation sites excluding steroid dienone is 4. The Hall–Kier alpha value is -1.37. The molecule has 0 aliphatic heterocycles. The monoisotopic (exact) mass is 356 g/mol. The molecule has 0 aromatic heterocycles. The van der Waals surface area contributed by atoms with Crippen molar-refractivity contribution in [2.24, 2.45) is 5.92 Å². The highest BCUT2D eigenvalue weighted by Gasteiger charge is 2.24. The molecular weight excluding hydrogens is 319 g/mol. The van der Waals surface area contributed by atoms with Crippen LogP contribution in [0, 0.1) is 32.5 Å². The van der Waals surface area contributed by atoms with Crippen molar-refractivity contribution >= 4 is 5.57 Å². The molecule has 0 bridgehead atoms. The minimum atomic E-state index is 0.0118. The number of hydrogen-bond acceptors (Lipinski definition) is 0. The van der Waals surface area contributed by atoms with E-state index in [0.29, 0.717) is 5.92 Å². The molecule has 0 spiro atoms. The Balaban J connectivity index is 2.81. The largest absolute Gasteiger partial charge is 0.206 e. The lowest BCUT2D eigenvalue weighted by Crippen LogP contribution is -2.10. The molecule has 144 valence electrons. The Labute approximate surface area is 160 Å². The van der Waals surface area contributed by atoms with Crippen LogP contribution in [0.1, 0.15) is 101 Å². The molecule has 1 saturated carbocycles. The molecule has 0 nitrogen and oxygen atoms in total. The van der Waals surface area contributed by atoms with Crippen molar-refractivity contribution in [3.05, 3.63) is 50.4 Å². The second-order valence-electron chi connectivity index (χ2n) is 8.76. The molecule has 0 atom stereocenters. The minimum absolute atomic E-state index is 0.0118. The van der Waals surface area contributed by atoms with E-state index in [1.54, 1.807) is 0 Å². The summed E-state index contributed by atoms with van der Waals surface area (Å²) in [5, 5.41) is 0. The topological polar surface area (TPSA) is 0 Å². The van der Waals surface area contributed by atoms with E-state index in [-0.39, 0.29) is 11.7 Å². The van der Waals surface area contributed by atoms with Crippen LogP contribution in [-0.4, -0.2) is 0 Å². The summed E-state index contributed by atoms with van der Waals surface area (Å²) < 4.78 is 15.7. The van der Waals surface area contributed by atoms with Gasteiger partial charge in [-0.3, -0.25) is 0 Å².